The van der Waals surface area contributed by atoms with Gasteiger partial charge in [-0.1, -0.05) is 12.1 Å². The fourth-order valence-corrected chi connectivity index (χ4v) is 3.79. The largest absolute Gasteiger partial charge is 0.369 e. The second kappa shape index (κ2) is 7.30. The van der Waals surface area contributed by atoms with Gasteiger partial charge in [0.25, 0.3) is 0 Å². The lowest BCUT2D eigenvalue weighted by atomic mass is 9.97. The first kappa shape index (κ1) is 16.9. The van der Waals surface area contributed by atoms with Gasteiger partial charge < -0.3 is 10.6 Å². The van der Waals surface area contributed by atoms with Crippen molar-refractivity contribution in [1.29, 1.82) is 0 Å². The van der Waals surface area contributed by atoms with Crippen LogP contribution in [0.1, 0.15) is 37.3 Å². The van der Waals surface area contributed by atoms with Crippen LogP contribution >= 0.6 is 0 Å². The van der Waals surface area contributed by atoms with Crippen LogP contribution in [0.15, 0.2) is 24.3 Å². The van der Waals surface area contributed by atoms with Gasteiger partial charge >= 0.3 is 0 Å². The Morgan fingerprint density at radius 3 is 2.54 bits per heavy atom. The molecule has 2 unspecified atom stereocenters. The molecule has 2 amide bonds. The van der Waals surface area contributed by atoms with Gasteiger partial charge in [0.1, 0.15) is 5.82 Å². The van der Waals surface area contributed by atoms with Crippen molar-refractivity contribution in [3.8, 4) is 0 Å². The smallest absolute Gasteiger partial charge is 0.236 e. The number of rotatable bonds is 4. The zero-order chi connectivity index (χ0) is 17.1. The van der Waals surface area contributed by atoms with Crippen LogP contribution in [-0.2, 0) is 9.59 Å². The first-order valence-electron chi connectivity index (χ1n) is 8.61. The molecule has 3 rings (SSSR count). The molecule has 2 fully saturated rings. The Balaban J connectivity index is 1.62. The van der Waals surface area contributed by atoms with Crippen molar-refractivity contribution in [3.05, 3.63) is 35.6 Å². The molecular weight excluding hydrogens is 309 g/mol. The monoisotopic (exact) mass is 333 g/mol. The molecule has 2 aliphatic rings. The van der Waals surface area contributed by atoms with Crippen molar-refractivity contribution in [3.63, 3.8) is 0 Å². The number of piperidine rings is 1. The molecule has 0 spiro atoms. The normalized spacial score (nSPS) is 25.0. The topological polar surface area (TPSA) is 66.6 Å². The average Bonchev–Trinajstić information content (AvgIpc) is 3.03. The molecule has 2 atom stereocenters. The van der Waals surface area contributed by atoms with E-state index in [9.17, 15) is 14.0 Å². The minimum absolute atomic E-state index is 0.0509. The van der Waals surface area contributed by atoms with Gasteiger partial charge in [-0.15, -0.1) is 0 Å². The molecule has 0 bridgehead atoms. The van der Waals surface area contributed by atoms with Crippen LogP contribution < -0.4 is 5.73 Å². The number of amides is 2. The maximum absolute atomic E-state index is 13.1. The number of carbonyl (C=O) groups is 2. The molecule has 6 heteroatoms. The lowest BCUT2D eigenvalue weighted by molar-refractivity contribution is -0.136. The van der Waals surface area contributed by atoms with Crippen molar-refractivity contribution in [2.75, 3.05) is 26.2 Å². The second-order valence-electron chi connectivity index (χ2n) is 6.76. The molecule has 1 aromatic carbocycles. The number of hydrogen-bond donors (Lipinski definition) is 1. The lowest BCUT2D eigenvalue weighted by Crippen LogP contribution is -2.47. The Bertz CT molecular complexity index is 605. The summed E-state index contributed by atoms with van der Waals surface area (Å²) in [5, 5.41) is 0. The molecule has 0 aliphatic carbocycles. The summed E-state index contributed by atoms with van der Waals surface area (Å²) in [6, 6.07) is 6.69. The predicted octanol–water partition coefficient (Wildman–Crippen LogP) is 1.69. The summed E-state index contributed by atoms with van der Waals surface area (Å²) in [5.41, 5.74) is 6.44. The van der Waals surface area contributed by atoms with Gasteiger partial charge in [-0.05, 0) is 49.9 Å². The Labute approximate surface area is 141 Å². The van der Waals surface area contributed by atoms with E-state index in [1.165, 1.54) is 12.1 Å². The van der Waals surface area contributed by atoms with Crippen molar-refractivity contribution in [2.45, 2.75) is 31.7 Å². The molecular formula is C18H24FN3O2. The van der Waals surface area contributed by atoms with Crippen LogP contribution in [-0.4, -0.2) is 47.8 Å². The van der Waals surface area contributed by atoms with E-state index in [1.54, 1.807) is 17.0 Å². The minimum atomic E-state index is -0.321. The third-order valence-corrected chi connectivity index (χ3v) is 5.13. The summed E-state index contributed by atoms with van der Waals surface area (Å²) in [5.74, 6) is -0.743. The first-order chi connectivity index (χ1) is 11.5. The number of nitrogens with two attached hydrogens (primary N) is 1. The van der Waals surface area contributed by atoms with Gasteiger partial charge in [-0.25, -0.2) is 4.39 Å². The number of hydrogen-bond acceptors (Lipinski definition) is 3. The molecule has 5 nitrogen and oxygen atoms in total. The molecule has 24 heavy (non-hydrogen) atoms. The number of nitrogens with zero attached hydrogens (tertiary/aromatic N) is 2. The van der Waals surface area contributed by atoms with Crippen LogP contribution in [0, 0.1) is 11.7 Å². The molecule has 2 saturated heterocycles. The highest BCUT2D eigenvalue weighted by Crippen LogP contribution is 2.32. The van der Waals surface area contributed by atoms with Gasteiger partial charge in [0, 0.05) is 19.1 Å². The summed E-state index contributed by atoms with van der Waals surface area (Å²) >= 11 is 0. The molecule has 0 aromatic heterocycles. The summed E-state index contributed by atoms with van der Waals surface area (Å²) < 4.78 is 13.1. The molecule has 2 aliphatic heterocycles. The molecule has 2 N–H and O–H groups in total. The van der Waals surface area contributed by atoms with Gasteiger partial charge in [0.15, 0.2) is 0 Å². The van der Waals surface area contributed by atoms with Gasteiger partial charge in [0.05, 0.1) is 12.5 Å². The standard InChI is InChI=1S/C18H24FN3O2/c19-15-7-5-13(6-8-15)16-4-2-9-21(16)12-17(23)22-10-1-3-14(11-22)18(20)24/h5-8,14,16H,1-4,9-12H2,(H2,20,24). The van der Waals surface area contributed by atoms with Crippen molar-refractivity contribution >= 4 is 11.8 Å². The molecule has 0 radical (unpaired) electrons. The summed E-state index contributed by atoms with van der Waals surface area (Å²) in [6.45, 7) is 2.33. The van der Waals surface area contributed by atoms with Crippen LogP contribution in [0.2, 0.25) is 0 Å². The average molecular weight is 333 g/mol. The van der Waals surface area contributed by atoms with Crippen molar-refractivity contribution < 1.29 is 14.0 Å². The van der Waals surface area contributed by atoms with E-state index in [2.05, 4.69) is 4.90 Å². The van der Waals surface area contributed by atoms with E-state index >= 15 is 0 Å². The molecule has 2 heterocycles. The van der Waals surface area contributed by atoms with Crippen LogP contribution in [0.4, 0.5) is 4.39 Å². The summed E-state index contributed by atoms with van der Waals surface area (Å²) in [4.78, 5) is 27.9. The highest BCUT2D eigenvalue weighted by atomic mass is 19.1. The number of benzene rings is 1. The van der Waals surface area contributed by atoms with E-state index in [0.29, 0.717) is 19.6 Å². The Morgan fingerprint density at radius 2 is 1.83 bits per heavy atom. The summed E-state index contributed by atoms with van der Waals surface area (Å²) in [7, 11) is 0. The molecule has 130 valence electrons. The number of likely N-dealkylation sites (tertiary alicyclic amines) is 2. The van der Waals surface area contributed by atoms with E-state index in [0.717, 1.165) is 37.8 Å². The van der Waals surface area contributed by atoms with Gasteiger partial charge in [-0.2, -0.15) is 0 Å². The number of carbonyl (C=O) groups excluding carboxylic acids is 2. The fraction of sp³-hybridized carbons (Fsp3) is 0.556. The van der Waals surface area contributed by atoms with E-state index in [-0.39, 0.29) is 29.6 Å². The fourth-order valence-electron chi connectivity index (χ4n) is 3.79. The zero-order valence-corrected chi connectivity index (χ0v) is 13.8. The first-order valence-corrected chi connectivity index (χ1v) is 8.61. The van der Waals surface area contributed by atoms with E-state index in [4.69, 9.17) is 5.73 Å². The summed E-state index contributed by atoms with van der Waals surface area (Å²) in [6.07, 6.45) is 3.59. The highest BCUT2D eigenvalue weighted by Gasteiger charge is 2.31. The Morgan fingerprint density at radius 1 is 1.12 bits per heavy atom. The van der Waals surface area contributed by atoms with Crippen molar-refractivity contribution in [2.24, 2.45) is 11.7 Å². The highest BCUT2D eigenvalue weighted by molar-refractivity contribution is 5.81. The Hall–Kier alpha value is -1.95. The SMILES string of the molecule is NC(=O)C1CCCN(C(=O)CN2CCCC2c2ccc(F)cc2)C1. The van der Waals surface area contributed by atoms with Gasteiger partial charge in [-0.3, -0.25) is 14.5 Å². The van der Waals surface area contributed by atoms with E-state index in [1.807, 2.05) is 0 Å². The quantitative estimate of drug-likeness (QED) is 0.912. The lowest BCUT2D eigenvalue weighted by Gasteiger charge is -2.33. The van der Waals surface area contributed by atoms with Crippen LogP contribution in [0.3, 0.4) is 0 Å². The van der Waals surface area contributed by atoms with Crippen molar-refractivity contribution in [1.82, 2.24) is 9.80 Å². The third kappa shape index (κ3) is 3.75. The zero-order valence-electron chi connectivity index (χ0n) is 13.8. The number of halogens is 1. The number of primary amides is 1. The van der Waals surface area contributed by atoms with Gasteiger partial charge in [0.2, 0.25) is 11.8 Å². The van der Waals surface area contributed by atoms with Crippen LogP contribution in [0.25, 0.3) is 0 Å². The Kier molecular flexibility index (Phi) is 5.14. The molecule has 1 aromatic rings. The molecule has 0 saturated carbocycles. The third-order valence-electron chi connectivity index (χ3n) is 5.13. The predicted molar refractivity (Wildman–Crippen MR) is 88.4 cm³/mol. The maximum atomic E-state index is 13.1. The van der Waals surface area contributed by atoms with Crippen LogP contribution in [0.5, 0.6) is 0 Å². The maximum Gasteiger partial charge on any atom is 0.236 e. The second-order valence-corrected chi connectivity index (χ2v) is 6.76. The van der Waals surface area contributed by atoms with E-state index < -0.39 is 0 Å². The minimum Gasteiger partial charge on any atom is -0.369 e.